The highest BCUT2D eigenvalue weighted by atomic mass is 79.9. The van der Waals surface area contributed by atoms with Gasteiger partial charge in [-0.15, -0.1) is 0 Å². The Kier molecular flexibility index (Phi) is 5.40. The molecular weight excluding hydrogens is 408 g/mol. The van der Waals surface area contributed by atoms with Crippen molar-refractivity contribution in [3.63, 3.8) is 0 Å². The predicted octanol–water partition coefficient (Wildman–Crippen LogP) is 3.65. The number of hydrogen-bond acceptors (Lipinski definition) is 6. The molecule has 0 spiro atoms. The molecule has 1 aromatic carbocycles. The molecule has 0 saturated carbocycles. The molecule has 0 unspecified atom stereocenters. The van der Waals surface area contributed by atoms with Gasteiger partial charge >= 0.3 is 5.97 Å². The topological polar surface area (TPSA) is 74.3 Å². The summed E-state index contributed by atoms with van der Waals surface area (Å²) in [4.78, 5) is 28.4. The van der Waals surface area contributed by atoms with Crippen LogP contribution in [-0.4, -0.2) is 15.5 Å². The van der Waals surface area contributed by atoms with E-state index in [9.17, 15) is 9.59 Å². The number of imidazole rings is 1. The van der Waals surface area contributed by atoms with E-state index >= 15 is 0 Å². The molecule has 0 N–H and O–H groups in total. The second-order valence-corrected chi connectivity index (χ2v) is 6.94. The van der Waals surface area contributed by atoms with Crippen molar-refractivity contribution in [2.75, 3.05) is 0 Å². The highest BCUT2D eigenvalue weighted by Crippen LogP contribution is 2.21. The van der Waals surface area contributed by atoms with Crippen LogP contribution < -0.4 is 10.2 Å². The molecule has 25 heavy (non-hydrogen) atoms. The SMILES string of the molecule is Cn1ccnc1SCc1cc(=O)c(OC(=O)c2cccc(Br)c2)co1. The first-order chi connectivity index (χ1) is 12.0. The lowest BCUT2D eigenvalue weighted by atomic mass is 10.2. The Labute approximate surface area is 156 Å². The van der Waals surface area contributed by atoms with Gasteiger partial charge in [-0.2, -0.15) is 0 Å². The molecule has 0 atom stereocenters. The van der Waals surface area contributed by atoms with Crippen LogP contribution in [0.15, 0.2) is 67.8 Å². The number of carbonyl (C=O) groups is 1. The largest absolute Gasteiger partial charge is 0.464 e. The van der Waals surface area contributed by atoms with E-state index in [0.717, 1.165) is 15.9 Å². The number of aryl methyl sites for hydroxylation is 1. The molecule has 0 saturated heterocycles. The van der Waals surface area contributed by atoms with Crippen LogP contribution in [0.3, 0.4) is 0 Å². The van der Waals surface area contributed by atoms with Crippen molar-refractivity contribution in [2.45, 2.75) is 10.9 Å². The van der Waals surface area contributed by atoms with Crippen molar-refractivity contribution in [1.82, 2.24) is 9.55 Å². The van der Waals surface area contributed by atoms with Crippen LogP contribution in [0.1, 0.15) is 16.1 Å². The molecule has 0 aliphatic heterocycles. The minimum atomic E-state index is -0.622. The standard InChI is InChI=1S/C17H13BrN2O4S/c1-20-6-5-19-17(20)25-10-13-8-14(21)15(9-23-13)24-16(22)11-3-2-4-12(18)7-11/h2-9H,10H2,1H3. The molecule has 0 aliphatic carbocycles. The van der Waals surface area contributed by atoms with Crippen molar-refractivity contribution in [3.8, 4) is 5.75 Å². The van der Waals surface area contributed by atoms with Gasteiger partial charge in [-0.1, -0.05) is 33.8 Å². The molecule has 2 heterocycles. The number of hydrogen-bond donors (Lipinski definition) is 0. The number of benzene rings is 1. The molecule has 0 amide bonds. The predicted molar refractivity (Wildman–Crippen MR) is 96.8 cm³/mol. The number of ether oxygens (including phenoxy) is 1. The average molecular weight is 421 g/mol. The van der Waals surface area contributed by atoms with Gasteiger partial charge in [0.1, 0.15) is 12.0 Å². The average Bonchev–Trinajstić information content (AvgIpc) is 3.00. The van der Waals surface area contributed by atoms with Crippen LogP contribution in [-0.2, 0) is 12.8 Å². The fourth-order valence-corrected chi connectivity index (χ4v) is 3.21. The zero-order chi connectivity index (χ0) is 17.8. The molecule has 3 rings (SSSR count). The number of carbonyl (C=O) groups excluding carboxylic acids is 1. The summed E-state index contributed by atoms with van der Waals surface area (Å²) >= 11 is 4.72. The molecular formula is C17H13BrN2O4S. The molecule has 0 fully saturated rings. The van der Waals surface area contributed by atoms with E-state index in [1.54, 1.807) is 30.5 Å². The maximum absolute atomic E-state index is 12.1. The summed E-state index contributed by atoms with van der Waals surface area (Å²) in [6.07, 6.45) is 4.69. The summed E-state index contributed by atoms with van der Waals surface area (Å²) in [7, 11) is 1.88. The molecule has 0 aliphatic rings. The van der Waals surface area contributed by atoms with E-state index in [1.165, 1.54) is 17.8 Å². The van der Waals surface area contributed by atoms with Crippen LogP contribution in [0.5, 0.6) is 5.75 Å². The first-order valence-corrected chi connectivity index (χ1v) is 9.00. The van der Waals surface area contributed by atoms with E-state index in [0.29, 0.717) is 17.1 Å². The van der Waals surface area contributed by atoms with E-state index < -0.39 is 11.4 Å². The fourth-order valence-electron chi connectivity index (χ4n) is 1.99. The molecule has 8 heteroatoms. The Bertz CT molecular complexity index is 967. The third-order valence-corrected chi connectivity index (χ3v) is 4.81. The Morgan fingerprint density at radius 3 is 2.92 bits per heavy atom. The Hall–Kier alpha value is -2.32. The van der Waals surface area contributed by atoms with Gasteiger partial charge in [0.2, 0.25) is 11.2 Å². The summed E-state index contributed by atoms with van der Waals surface area (Å²) in [6, 6.07) is 8.04. The normalized spacial score (nSPS) is 10.6. The lowest BCUT2D eigenvalue weighted by Crippen LogP contribution is -2.14. The fraction of sp³-hybridized carbons (Fsp3) is 0.118. The summed E-state index contributed by atoms with van der Waals surface area (Å²) in [5, 5.41) is 0.813. The van der Waals surface area contributed by atoms with E-state index in [1.807, 2.05) is 17.8 Å². The van der Waals surface area contributed by atoms with E-state index in [2.05, 4.69) is 20.9 Å². The second kappa shape index (κ2) is 7.71. The Morgan fingerprint density at radius 1 is 1.40 bits per heavy atom. The van der Waals surface area contributed by atoms with Gasteiger partial charge in [0, 0.05) is 30.0 Å². The summed E-state index contributed by atoms with van der Waals surface area (Å²) in [5.41, 5.74) is -0.0757. The lowest BCUT2D eigenvalue weighted by Gasteiger charge is -2.05. The van der Waals surface area contributed by atoms with Crippen molar-refractivity contribution < 1.29 is 13.9 Å². The van der Waals surface area contributed by atoms with Crippen molar-refractivity contribution in [2.24, 2.45) is 7.05 Å². The summed E-state index contributed by atoms with van der Waals surface area (Å²) in [6.45, 7) is 0. The lowest BCUT2D eigenvalue weighted by molar-refractivity contribution is 0.0728. The third-order valence-electron chi connectivity index (χ3n) is 3.24. The number of halogens is 1. The highest BCUT2D eigenvalue weighted by Gasteiger charge is 2.13. The van der Waals surface area contributed by atoms with Gasteiger partial charge < -0.3 is 13.7 Å². The minimum absolute atomic E-state index is 0.143. The number of aromatic nitrogens is 2. The molecule has 0 radical (unpaired) electrons. The first kappa shape index (κ1) is 17.5. The maximum atomic E-state index is 12.1. The van der Waals surface area contributed by atoms with Crippen LogP contribution in [0, 0.1) is 0 Å². The first-order valence-electron chi connectivity index (χ1n) is 7.22. The van der Waals surface area contributed by atoms with Crippen molar-refractivity contribution in [1.29, 1.82) is 0 Å². The maximum Gasteiger partial charge on any atom is 0.343 e. The number of esters is 1. The van der Waals surface area contributed by atoms with Crippen LogP contribution >= 0.6 is 27.7 Å². The zero-order valence-corrected chi connectivity index (χ0v) is 15.5. The monoisotopic (exact) mass is 420 g/mol. The van der Waals surface area contributed by atoms with Gasteiger partial charge in [-0.25, -0.2) is 9.78 Å². The number of thioether (sulfide) groups is 1. The molecule has 3 aromatic rings. The summed E-state index contributed by atoms with van der Waals surface area (Å²) < 4.78 is 13.1. The molecule has 0 bridgehead atoms. The van der Waals surface area contributed by atoms with Gasteiger partial charge in [0.05, 0.1) is 11.3 Å². The van der Waals surface area contributed by atoms with Gasteiger partial charge in [-0.3, -0.25) is 4.79 Å². The minimum Gasteiger partial charge on any atom is -0.464 e. The second-order valence-electron chi connectivity index (χ2n) is 5.08. The van der Waals surface area contributed by atoms with Crippen LogP contribution in [0.25, 0.3) is 0 Å². The Balaban J connectivity index is 1.68. The number of nitrogens with zero attached hydrogens (tertiary/aromatic N) is 2. The van der Waals surface area contributed by atoms with Crippen LogP contribution in [0.2, 0.25) is 0 Å². The molecule has 6 nitrogen and oxygen atoms in total. The smallest absolute Gasteiger partial charge is 0.343 e. The van der Waals surface area contributed by atoms with Gasteiger partial charge in [-0.05, 0) is 18.2 Å². The van der Waals surface area contributed by atoms with Crippen molar-refractivity contribution >= 4 is 33.7 Å². The summed E-state index contributed by atoms with van der Waals surface area (Å²) in [5.74, 6) is 0.152. The van der Waals surface area contributed by atoms with Gasteiger partial charge in [0.25, 0.3) is 0 Å². The molecule has 2 aromatic heterocycles. The zero-order valence-electron chi connectivity index (χ0n) is 13.1. The quantitative estimate of drug-likeness (QED) is 0.463. The molecule has 128 valence electrons. The van der Waals surface area contributed by atoms with Crippen molar-refractivity contribution in [3.05, 3.63) is 75.0 Å². The third kappa shape index (κ3) is 4.40. The van der Waals surface area contributed by atoms with Gasteiger partial charge in [0.15, 0.2) is 5.16 Å². The van der Waals surface area contributed by atoms with Crippen LogP contribution in [0.4, 0.5) is 0 Å². The Morgan fingerprint density at radius 2 is 2.24 bits per heavy atom. The number of rotatable bonds is 5. The van der Waals surface area contributed by atoms with E-state index in [4.69, 9.17) is 9.15 Å². The van der Waals surface area contributed by atoms with E-state index in [-0.39, 0.29) is 5.75 Å². The highest BCUT2D eigenvalue weighted by molar-refractivity contribution is 9.10.